The summed E-state index contributed by atoms with van der Waals surface area (Å²) in [5.41, 5.74) is 19.1. The largest absolute Gasteiger partial charge is 0.309 e. The number of hydrogen-bond acceptors (Lipinski definition) is 1. The number of nitrogens with zero attached hydrogens (tertiary/aromatic N) is 2. The zero-order valence-corrected chi connectivity index (χ0v) is 34.1. The van der Waals surface area contributed by atoms with Gasteiger partial charge in [0.25, 0.3) is 0 Å². The number of aromatic nitrogens is 2. The van der Waals surface area contributed by atoms with Crippen LogP contribution in [0.3, 0.4) is 0 Å². The van der Waals surface area contributed by atoms with Crippen LogP contribution >= 0.6 is 0 Å². The summed E-state index contributed by atoms with van der Waals surface area (Å²) in [4.78, 5) is 12.6. The molecule has 0 unspecified atom stereocenters. The molecule has 0 bridgehead atoms. The van der Waals surface area contributed by atoms with Gasteiger partial charge in [-0.05, 0) is 148 Å². The minimum Gasteiger partial charge on any atom is -0.309 e. The summed E-state index contributed by atoms with van der Waals surface area (Å²) in [5.74, 6) is 0. The molecule has 61 heavy (non-hydrogen) atoms. The van der Waals surface area contributed by atoms with E-state index in [9.17, 15) is 4.79 Å². The van der Waals surface area contributed by atoms with E-state index in [1.54, 1.807) is 0 Å². The van der Waals surface area contributed by atoms with E-state index >= 15 is 0 Å². The molecular weight excluding hydrogens is 741 g/mol. The number of aldehydes is 1. The molecule has 2 aromatic heterocycles. The molecule has 2 heterocycles. The van der Waals surface area contributed by atoms with Gasteiger partial charge in [0, 0.05) is 38.5 Å². The molecule has 9 aromatic carbocycles. The Morgan fingerprint density at radius 1 is 0.393 bits per heavy atom. The zero-order chi connectivity index (χ0) is 41.0. The van der Waals surface area contributed by atoms with Crippen LogP contribution in [-0.2, 0) is 6.42 Å². The van der Waals surface area contributed by atoms with Crippen molar-refractivity contribution in [2.45, 2.75) is 20.3 Å². The van der Waals surface area contributed by atoms with Crippen molar-refractivity contribution in [2.75, 3.05) is 0 Å². The molecule has 0 aliphatic rings. The monoisotopic (exact) mass is 782 g/mol. The van der Waals surface area contributed by atoms with E-state index in [4.69, 9.17) is 0 Å². The number of fused-ring (bicyclic) bond motifs is 6. The van der Waals surface area contributed by atoms with Gasteiger partial charge < -0.3 is 9.13 Å². The highest BCUT2D eigenvalue weighted by Gasteiger charge is 2.20. The van der Waals surface area contributed by atoms with Gasteiger partial charge in [-0.1, -0.05) is 128 Å². The molecule has 0 radical (unpaired) electrons. The fourth-order valence-electron chi connectivity index (χ4n) is 9.62. The lowest BCUT2D eigenvalue weighted by atomic mass is 9.84. The van der Waals surface area contributed by atoms with Crippen LogP contribution in [0.25, 0.3) is 99.5 Å². The summed E-state index contributed by atoms with van der Waals surface area (Å²) in [6.45, 7) is 4.45. The molecule has 11 aromatic rings. The van der Waals surface area contributed by atoms with Gasteiger partial charge >= 0.3 is 0 Å². The Morgan fingerprint density at radius 3 is 1.41 bits per heavy atom. The number of rotatable bonds is 8. The first-order chi connectivity index (χ1) is 30.1. The van der Waals surface area contributed by atoms with Crippen LogP contribution in [-0.4, -0.2) is 15.4 Å². The first kappa shape index (κ1) is 36.3. The molecule has 0 aliphatic carbocycles. The molecule has 0 N–H and O–H groups in total. The molecule has 0 saturated carbocycles. The number of hydrogen-bond donors (Lipinski definition) is 0. The molecule has 0 spiro atoms. The van der Waals surface area contributed by atoms with E-state index in [0.29, 0.717) is 5.56 Å². The lowest BCUT2D eigenvalue weighted by Crippen LogP contribution is -1.97. The minimum atomic E-state index is 0.683. The molecule has 0 fully saturated rings. The maximum atomic E-state index is 12.6. The third kappa shape index (κ3) is 6.00. The summed E-state index contributed by atoms with van der Waals surface area (Å²) in [6.07, 6.45) is 1.86. The van der Waals surface area contributed by atoms with Crippen LogP contribution < -0.4 is 0 Å². The number of carbonyl (C=O) groups excluding carboxylic acids is 1. The van der Waals surface area contributed by atoms with Crippen molar-refractivity contribution in [3.8, 4) is 55.9 Å². The molecule has 0 atom stereocenters. The second-order valence-corrected chi connectivity index (χ2v) is 16.0. The predicted molar refractivity (Wildman–Crippen MR) is 256 cm³/mol. The van der Waals surface area contributed by atoms with Crippen LogP contribution in [0.1, 0.15) is 28.4 Å². The van der Waals surface area contributed by atoms with Gasteiger partial charge in [0.1, 0.15) is 0 Å². The molecule has 3 nitrogen and oxygen atoms in total. The van der Waals surface area contributed by atoms with Crippen molar-refractivity contribution >= 4 is 49.9 Å². The molecule has 0 aliphatic heterocycles. The lowest BCUT2D eigenvalue weighted by Gasteiger charge is -2.19. The Balaban J connectivity index is 1.12. The minimum absolute atomic E-state index is 0.683. The normalized spacial score (nSPS) is 11.6. The summed E-state index contributed by atoms with van der Waals surface area (Å²) < 4.78 is 4.72. The fourth-order valence-corrected chi connectivity index (χ4v) is 9.62. The number of benzene rings is 9. The standard InChI is InChI=1S/C58H42N2O/c1-3-39-26-27-40(41-28-30-57-53(33-41)48-22-12-14-24-55(48)59(57)45-17-6-4-7-18-45)32-52(39)51-36-44(35-50(38(51)2)47-21-11-10-16-43(47)37-61)42-29-31-58-54(34-42)49-23-13-15-25-56(49)60(58)46-19-8-5-9-20-46/h4-37H,3H2,1-2H3. The van der Waals surface area contributed by atoms with E-state index in [-0.39, 0.29) is 0 Å². The molecule has 3 heteroatoms. The maximum Gasteiger partial charge on any atom is 0.150 e. The number of carbonyl (C=O) groups is 1. The van der Waals surface area contributed by atoms with Gasteiger partial charge in [0.15, 0.2) is 6.29 Å². The van der Waals surface area contributed by atoms with E-state index in [2.05, 4.69) is 205 Å². The molecule has 290 valence electrons. The van der Waals surface area contributed by atoms with Crippen molar-refractivity contribution in [1.29, 1.82) is 0 Å². The summed E-state index contributed by atoms with van der Waals surface area (Å²) >= 11 is 0. The zero-order valence-electron chi connectivity index (χ0n) is 34.1. The maximum absolute atomic E-state index is 12.6. The Hall–Kier alpha value is -7.75. The summed E-state index contributed by atoms with van der Waals surface area (Å²) in [7, 11) is 0. The predicted octanol–water partition coefficient (Wildman–Crippen LogP) is 15.2. The van der Waals surface area contributed by atoms with Gasteiger partial charge in [0.2, 0.25) is 0 Å². The van der Waals surface area contributed by atoms with Crippen molar-refractivity contribution < 1.29 is 4.79 Å². The fraction of sp³-hybridized carbons (Fsp3) is 0.0517. The highest BCUT2D eigenvalue weighted by atomic mass is 16.1. The van der Waals surface area contributed by atoms with Crippen molar-refractivity contribution in [3.05, 3.63) is 217 Å². The number of aryl methyl sites for hydroxylation is 1. The second kappa shape index (κ2) is 14.8. The smallest absolute Gasteiger partial charge is 0.150 e. The van der Waals surface area contributed by atoms with Crippen LogP contribution in [0.5, 0.6) is 0 Å². The molecule has 11 rings (SSSR count). The van der Waals surface area contributed by atoms with E-state index in [1.807, 2.05) is 18.2 Å². The molecular formula is C58H42N2O. The van der Waals surface area contributed by atoms with Crippen molar-refractivity contribution in [1.82, 2.24) is 9.13 Å². The number of para-hydroxylation sites is 4. The van der Waals surface area contributed by atoms with Crippen LogP contribution in [0, 0.1) is 6.92 Å². The average Bonchev–Trinajstić information content (AvgIpc) is 3.84. The Morgan fingerprint density at radius 2 is 0.836 bits per heavy atom. The Kier molecular flexibility index (Phi) is 8.82. The van der Waals surface area contributed by atoms with E-state index in [0.717, 1.165) is 51.9 Å². The van der Waals surface area contributed by atoms with Gasteiger partial charge in [-0.2, -0.15) is 0 Å². The van der Waals surface area contributed by atoms with Gasteiger partial charge in [-0.25, -0.2) is 0 Å². The van der Waals surface area contributed by atoms with Crippen molar-refractivity contribution in [3.63, 3.8) is 0 Å². The second-order valence-electron chi connectivity index (χ2n) is 16.0. The third-order valence-corrected chi connectivity index (χ3v) is 12.6. The average molecular weight is 783 g/mol. The van der Waals surface area contributed by atoms with Gasteiger partial charge in [-0.3, -0.25) is 4.79 Å². The third-order valence-electron chi connectivity index (χ3n) is 12.6. The highest BCUT2D eigenvalue weighted by Crippen LogP contribution is 2.43. The highest BCUT2D eigenvalue weighted by molar-refractivity contribution is 6.12. The quantitative estimate of drug-likeness (QED) is 0.141. The van der Waals surface area contributed by atoms with Gasteiger partial charge in [-0.15, -0.1) is 0 Å². The first-order valence-electron chi connectivity index (χ1n) is 21.1. The van der Waals surface area contributed by atoms with Crippen molar-refractivity contribution in [2.24, 2.45) is 0 Å². The SMILES string of the molecule is CCc1ccc(-c2ccc3c(c2)c2ccccc2n3-c2ccccc2)cc1-c1cc(-c2ccc3c(c2)c2ccccc2n3-c2ccccc2)cc(-c2ccccc2C=O)c1C. The lowest BCUT2D eigenvalue weighted by molar-refractivity contribution is 0.112. The van der Waals surface area contributed by atoms with E-state index < -0.39 is 0 Å². The summed E-state index contributed by atoms with van der Waals surface area (Å²) in [6, 6.07) is 71.9. The van der Waals surface area contributed by atoms with Crippen LogP contribution in [0.2, 0.25) is 0 Å². The first-order valence-corrected chi connectivity index (χ1v) is 21.1. The summed E-state index contributed by atoms with van der Waals surface area (Å²) in [5, 5.41) is 4.88. The Bertz CT molecular complexity index is 3480. The van der Waals surface area contributed by atoms with Crippen LogP contribution in [0.4, 0.5) is 0 Å². The molecule has 0 amide bonds. The molecule has 0 saturated heterocycles. The van der Waals surface area contributed by atoms with Crippen LogP contribution in [0.15, 0.2) is 200 Å². The Labute approximate surface area is 355 Å². The van der Waals surface area contributed by atoms with Gasteiger partial charge in [0.05, 0.1) is 22.1 Å². The van der Waals surface area contributed by atoms with E-state index in [1.165, 1.54) is 71.4 Å². The topological polar surface area (TPSA) is 26.9 Å².